The molecule has 0 aliphatic carbocycles. The molecular formula is C30H26Cl2N4O3. The van der Waals surface area contributed by atoms with Gasteiger partial charge in [0.15, 0.2) is 0 Å². The van der Waals surface area contributed by atoms with E-state index in [-0.39, 0.29) is 11.8 Å². The number of piperazine rings is 1. The number of amides is 2. The number of hydrogen-bond donors (Lipinski definition) is 1. The molecule has 0 spiro atoms. The van der Waals surface area contributed by atoms with Crippen molar-refractivity contribution in [1.82, 2.24) is 14.8 Å². The summed E-state index contributed by atoms with van der Waals surface area (Å²) in [5.74, 6) is 0.821. The molecule has 4 aromatic rings. The zero-order valence-corrected chi connectivity index (χ0v) is 22.5. The molecule has 1 aliphatic heterocycles. The van der Waals surface area contributed by atoms with Gasteiger partial charge in [-0.05, 0) is 47.5 Å². The molecule has 3 aromatic carbocycles. The van der Waals surface area contributed by atoms with Crippen LogP contribution in [0.25, 0.3) is 0 Å². The van der Waals surface area contributed by atoms with Gasteiger partial charge in [-0.25, -0.2) is 4.98 Å². The summed E-state index contributed by atoms with van der Waals surface area (Å²) in [5, 5.41) is 3.46. The topological polar surface area (TPSA) is 74.8 Å². The third kappa shape index (κ3) is 7.15. The molecule has 1 N–H and O–H groups in total. The van der Waals surface area contributed by atoms with Gasteiger partial charge in [0.1, 0.15) is 5.75 Å². The van der Waals surface area contributed by atoms with Crippen molar-refractivity contribution in [3.63, 3.8) is 0 Å². The molecule has 7 nitrogen and oxygen atoms in total. The molecule has 0 saturated carbocycles. The highest BCUT2D eigenvalue weighted by molar-refractivity contribution is 6.42. The Kier molecular flexibility index (Phi) is 8.42. The van der Waals surface area contributed by atoms with Crippen LogP contribution >= 0.6 is 23.2 Å². The molecule has 198 valence electrons. The maximum Gasteiger partial charge on any atom is 0.255 e. The van der Waals surface area contributed by atoms with Crippen molar-refractivity contribution in [2.45, 2.75) is 13.1 Å². The van der Waals surface area contributed by atoms with Crippen molar-refractivity contribution in [1.29, 1.82) is 0 Å². The first kappa shape index (κ1) is 26.7. The molecule has 2 amide bonds. The van der Waals surface area contributed by atoms with Crippen LogP contribution in [0.1, 0.15) is 21.5 Å². The number of aromatic nitrogens is 1. The molecule has 0 radical (unpaired) electrons. The number of pyridine rings is 1. The van der Waals surface area contributed by atoms with Gasteiger partial charge in [-0.3, -0.25) is 14.5 Å². The smallest absolute Gasteiger partial charge is 0.255 e. The summed E-state index contributed by atoms with van der Waals surface area (Å²) in [5.41, 5.74) is 3.15. The number of rotatable bonds is 8. The van der Waals surface area contributed by atoms with E-state index in [0.29, 0.717) is 52.6 Å². The van der Waals surface area contributed by atoms with Crippen LogP contribution in [-0.4, -0.2) is 46.2 Å². The summed E-state index contributed by atoms with van der Waals surface area (Å²) >= 11 is 11.9. The first-order valence-electron chi connectivity index (χ1n) is 12.5. The van der Waals surface area contributed by atoms with Gasteiger partial charge in [-0.1, -0.05) is 65.7 Å². The zero-order valence-electron chi connectivity index (χ0n) is 21.0. The van der Waals surface area contributed by atoms with Gasteiger partial charge in [-0.15, -0.1) is 0 Å². The molecule has 0 atom stereocenters. The van der Waals surface area contributed by atoms with Gasteiger partial charge in [0, 0.05) is 37.8 Å². The average Bonchev–Trinajstić information content (AvgIpc) is 2.94. The van der Waals surface area contributed by atoms with Crippen LogP contribution < -0.4 is 10.1 Å². The number of benzene rings is 3. The maximum absolute atomic E-state index is 12.7. The quantitative estimate of drug-likeness (QED) is 0.274. The van der Waals surface area contributed by atoms with E-state index in [9.17, 15) is 9.59 Å². The first-order valence-corrected chi connectivity index (χ1v) is 13.2. The number of carbonyl (C=O) groups is 2. The maximum atomic E-state index is 12.7. The fourth-order valence-corrected chi connectivity index (χ4v) is 4.56. The summed E-state index contributed by atoms with van der Waals surface area (Å²) in [6.45, 7) is 3.31. The lowest BCUT2D eigenvalue weighted by atomic mass is 10.1. The fourth-order valence-electron chi connectivity index (χ4n) is 4.26. The van der Waals surface area contributed by atoms with Crippen LogP contribution in [0.5, 0.6) is 11.6 Å². The lowest BCUT2D eigenvalue weighted by Gasteiger charge is -2.34. The zero-order chi connectivity index (χ0) is 27.2. The van der Waals surface area contributed by atoms with Gasteiger partial charge in [0.05, 0.1) is 28.5 Å². The van der Waals surface area contributed by atoms with Crippen LogP contribution in [0.2, 0.25) is 10.0 Å². The predicted octanol–water partition coefficient (Wildman–Crippen LogP) is 6.28. The molecule has 9 heteroatoms. The number of halogens is 2. The standard InChI is InChI=1S/C30H26Cl2N4O3/c31-26-12-8-23(16-27(26)32)30(38)34-24-9-13-28(33-17-24)39-25-10-6-22(7-11-25)19-36-15-14-35(20-29(36)37)18-21-4-2-1-3-5-21/h1-13,16-17H,14-15,18-20H2,(H,34,38). The van der Waals surface area contributed by atoms with Crippen molar-refractivity contribution >= 4 is 40.7 Å². The molecular weight excluding hydrogens is 535 g/mol. The minimum Gasteiger partial charge on any atom is -0.439 e. The van der Waals surface area contributed by atoms with Crippen molar-refractivity contribution in [3.05, 3.63) is 118 Å². The van der Waals surface area contributed by atoms with Crippen LogP contribution in [0.15, 0.2) is 91.1 Å². The van der Waals surface area contributed by atoms with Crippen molar-refractivity contribution in [2.24, 2.45) is 0 Å². The molecule has 39 heavy (non-hydrogen) atoms. The highest BCUT2D eigenvalue weighted by Crippen LogP contribution is 2.24. The van der Waals surface area contributed by atoms with Gasteiger partial charge < -0.3 is 15.0 Å². The Morgan fingerprint density at radius 2 is 1.64 bits per heavy atom. The molecule has 1 saturated heterocycles. The first-order chi connectivity index (χ1) is 18.9. The lowest BCUT2D eigenvalue weighted by Crippen LogP contribution is -2.49. The average molecular weight is 561 g/mol. The molecule has 5 rings (SSSR count). The Hall–Kier alpha value is -3.91. The summed E-state index contributed by atoms with van der Waals surface area (Å²) in [7, 11) is 0. The van der Waals surface area contributed by atoms with E-state index in [2.05, 4.69) is 27.3 Å². The SMILES string of the molecule is O=C(Nc1ccc(Oc2ccc(CN3CCN(Cc4ccccc4)CC3=O)cc2)nc1)c1ccc(Cl)c(Cl)c1. The summed E-state index contributed by atoms with van der Waals surface area (Å²) in [6, 6.07) is 25.9. The van der Waals surface area contributed by atoms with E-state index in [1.54, 1.807) is 24.3 Å². The normalized spacial score (nSPS) is 13.8. The van der Waals surface area contributed by atoms with E-state index in [4.69, 9.17) is 27.9 Å². The Bertz CT molecular complexity index is 1450. The van der Waals surface area contributed by atoms with E-state index in [1.165, 1.54) is 17.8 Å². The Morgan fingerprint density at radius 1 is 0.872 bits per heavy atom. The Labute approximate surface area is 236 Å². The van der Waals surface area contributed by atoms with Crippen LogP contribution in [0.3, 0.4) is 0 Å². The van der Waals surface area contributed by atoms with Gasteiger partial charge in [0.25, 0.3) is 5.91 Å². The van der Waals surface area contributed by atoms with Gasteiger partial charge in [-0.2, -0.15) is 0 Å². The molecule has 1 aliphatic rings. The van der Waals surface area contributed by atoms with Crippen LogP contribution in [0, 0.1) is 0 Å². The van der Waals surface area contributed by atoms with Crippen molar-refractivity contribution in [3.8, 4) is 11.6 Å². The third-order valence-electron chi connectivity index (χ3n) is 6.34. The van der Waals surface area contributed by atoms with Crippen LogP contribution in [-0.2, 0) is 17.9 Å². The summed E-state index contributed by atoms with van der Waals surface area (Å²) in [4.78, 5) is 33.5. The summed E-state index contributed by atoms with van der Waals surface area (Å²) < 4.78 is 5.85. The molecule has 1 aromatic heterocycles. The van der Waals surface area contributed by atoms with Gasteiger partial charge >= 0.3 is 0 Å². The van der Waals surface area contributed by atoms with E-state index in [1.807, 2.05) is 47.4 Å². The monoisotopic (exact) mass is 560 g/mol. The number of ether oxygens (including phenoxy) is 1. The largest absolute Gasteiger partial charge is 0.439 e. The van der Waals surface area contributed by atoms with Crippen LogP contribution in [0.4, 0.5) is 5.69 Å². The number of hydrogen-bond acceptors (Lipinski definition) is 5. The fraction of sp³-hybridized carbons (Fsp3) is 0.167. The highest BCUT2D eigenvalue weighted by atomic mass is 35.5. The van der Waals surface area contributed by atoms with Crippen molar-refractivity contribution in [2.75, 3.05) is 25.0 Å². The number of carbonyl (C=O) groups excluding carboxylic acids is 2. The second-order valence-corrected chi connectivity index (χ2v) is 10.0. The van der Waals surface area contributed by atoms with E-state index < -0.39 is 0 Å². The number of anilines is 1. The summed E-state index contributed by atoms with van der Waals surface area (Å²) in [6.07, 6.45) is 1.52. The second kappa shape index (κ2) is 12.3. The van der Waals surface area contributed by atoms with E-state index in [0.717, 1.165) is 18.7 Å². The third-order valence-corrected chi connectivity index (χ3v) is 7.08. The predicted molar refractivity (Wildman–Crippen MR) is 152 cm³/mol. The van der Waals surface area contributed by atoms with Gasteiger partial charge in [0.2, 0.25) is 11.8 Å². The minimum atomic E-state index is -0.323. The molecule has 0 bridgehead atoms. The molecule has 1 fully saturated rings. The lowest BCUT2D eigenvalue weighted by molar-refractivity contribution is -0.136. The van der Waals surface area contributed by atoms with E-state index >= 15 is 0 Å². The number of nitrogens with one attached hydrogen (secondary N) is 1. The Balaban J connectivity index is 1.11. The number of nitrogens with zero attached hydrogens (tertiary/aromatic N) is 3. The Morgan fingerprint density at radius 3 is 2.33 bits per heavy atom. The van der Waals surface area contributed by atoms with Crippen molar-refractivity contribution < 1.29 is 14.3 Å². The second-order valence-electron chi connectivity index (χ2n) is 9.23. The molecule has 2 heterocycles. The highest BCUT2D eigenvalue weighted by Gasteiger charge is 2.24. The minimum absolute atomic E-state index is 0.132. The molecule has 0 unspecified atom stereocenters.